The number of piperidine rings is 1. The molecule has 170 valence electrons. The average Bonchev–Trinajstić information content (AvgIpc) is 3.33. The molecule has 7 heteroatoms. The van der Waals surface area contributed by atoms with E-state index in [2.05, 4.69) is 15.5 Å². The van der Waals surface area contributed by atoms with Crippen LogP contribution in [0, 0.1) is 11.7 Å². The number of carbonyl (C=O) groups is 2. The number of benzene rings is 2. The van der Waals surface area contributed by atoms with Crippen molar-refractivity contribution >= 4 is 17.5 Å². The maximum absolute atomic E-state index is 13.2. The van der Waals surface area contributed by atoms with E-state index in [4.69, 9.17) is 4.74 Å². The molecule has 6 nitrogen and oxygen atoms in total. The lowest BCUT2D eigenvalue weighted by Crippen LogP contribution is -2.40. The Morgan fingerprint density at radius 3 is 2.66 bits per heavy atom. The van der Waals surface area contributed by atoms with E-state index >= 15 is 0 Å². The van der Waals surface area contributed by atoms with Crippen molar-refractivity contribution in [1.82, 2.24) is 10.2 Å². The summed E-state index contributed by atoms with van der Waals surface area (Å²) in [5.74, 6) is -0.693. The van der Waals surface area contributed by atoms with Gasteiger partial charge in [0, 0.05) is 26.2 Å². The Labute approximate surface area is 188 Å². The molecular formula is C25H30FN3O3. The van der Waals surface area contributed by atoms with E-state index in [9.17, 15) is 14.0 Å². The molecule has 2 aliphatic heterocycles. The number of nitrogens with one attached hydrogen (secondary N) is 2. The van der Waals surface area contributed by atoms with Gasteiger partial charge in [-0.25, -0.2) is 4.39 Å². The predicted molar refractivity (Wildman–Crippen MR) is 121 cm³/mol. The first kappa shape index (κ1) is 22.4. The van der Waals surface area contributed by atoms with Crippen LogP contribution in [0.4, 0.5) is 10.1 Å². The lowest BCUT2D eigenvalue weighted by molar-refractivity contribution is -0.121. The molecule has 2 heterocycles. The van der Waals surface area contributed by atoms with Crippen molar-refractivity contribution in [2.45, 2.75) is 38.3 Å². The van der Waals surface area contributed by atoms with E-state index in [0.29, 0.717) is 30.9 Å². The number of anilines is 1. The number of likely N-dealkylation sites (tertiary alicyclic amines) is 1. The fraction of sp³-hybridized carbons (Fsp3) is 0.440. The summed E-state index contributed by atoms with van der Waals surface area (Å²) in [6.45, 7) is 3.45. The van der Waals surface area contributed by atoms with Gasteiger partial charge in [-0.1, -0.05) is 24.3 Å². The van der Waals surface area contributed by atoms with Gasteiger partial charge in [0.15, 0.2) is 0 Å². The zero-order valence-electron chi connectivity index (χ0n) is 18.2. The highest BCUT2D eigenvalue weighted by molar-refractivity contribution is 6.04. The molecule has 0 radical (unpaired) electrons. The lowest BCUT2D eigenvalue weighted by Gasteiger charge is -2.32. The predicted octanol–water partition coefficient (Wildman–Crippen LogP) is 3.59. The smallest absolute Gasteiger partial charge is 0.253 e. The van der Waals surface area contributed by atoms with Gasteiger partial charge < -0.3 is 15.4 Å². The molecule has 0 unspecified atom stereocenters. The van der Waals surface area contributed by atoms with Crippen LogP contribution in [0.25, 0.3) is 0 Å². The second-order valence-corrected chi connectivity index (χ2v) is 8.58. The van der Waals surface area contributed by atoms with Crippen molar-refractivity contribution in [2.24, 2.45) is 5.92 Å². The van der Waals surface area contributed by atoms with Crippen molar-refractivity contribution in [1.29, 1.82) is 0 Å². The minimum absolute atomic E-state index is 0.0648. The molecule has 2 aromatic carbocycles. The number of carbonyl (C=O) groups excluding carboxylic acids is 2. The molecule has 2 aromatic rings. The van der Waals surface area contributed by atoms with Gasteiger partial charge in [-0.05, 0) is 62.1 Å². The molecule has 0 bridgehead atoms. The Morgan fingerprint density at radius 1 is 1.06 bits per heavy atom. The normalized spacial score (nSPS) is 21.3. The molecule has 32 heavy (non-hydrogen) atoms. The molecular weight excluding hydrogens is 409 g/mol. The molecule has 2 atom stereocenters. The van der Waals surface area contributed by atoms with Gasteiger partial charge in [0.25, 0.3) is 5.91 Å². The number of halogens is 1. The second-order valence-electron chi connectivity index (χ2n) is 8.58. The molecule has 0 saturated carbocycles. The third kappa shape index (κ3) is 5.93. The highest BCUT2D eigenvalue weighted by atomic mass is 19.1. The fourth-order valence-corrected chi connectivity index (χ4v) is 4.39. The lowest BCUT2D eigenvalue weighted by atomic mass is 9.96. The molecule has 2 aliphatic rings. The van der Waals surface area contributed by atoms with Crippen molar-refractivity contribution in [3.05, 3.63) is 65.5 Å². The monoisotopic (exact) mass is 439 g/mol. The van der Waals surface area contributed by atoms with E-state index < -0.39 is 0 Å². The second kappa shape index (κ2) is 10.7. The molecule has 0 aliphatic carbocycles. The van der Waals surface area contributed by atoms with Gasteiger partial charge in [0.05, 0.1) is 23.3 Å². The van der Waals surface area contributed by atoms with Gasteiger partial charge in [-0.15, -0.1) is 0 Å². The molecule has 0 aromatic heterocycles. The largest absolute Gasteiger partial charge is 0.376 e. The van der Waals surface area contributed by atoms with Crippen LogP contribution in [0.2, 0.25) is 0 Å². The minimum atomic E-state index is -0.247. The Morgan fingerprint density at radius 2 is 1.88 bits per heavy atom. The molecule has 2 amide bonds. The number of para-hydroxylation sites is 1. The van der Waals surface area contributed by atoms with Crippen LogP contribution in [-0.4, -0.2) is 49.1 Å². The maximum atomic E-state index is 13.2. The average molecular weight is 440 g/mol. The molecule has 0 spiro atoms. The summed E-state index contributed by atoms with van der Waals surface area (Å²) in [5.41, 5.74) is 2.01. The Hall–Kier alpha value is -2.77. The Balaban J connectivity index is 1.34. The van der Waals surface area contributed by atoms with Gasteiger partial charge in [-0.3, -0.25) is 14.5 Å². The van der Waals surface area contributed by atoms with Crippen LogP contribution < -0.4 is 10.6 Å². The summed E-state index contributed by atoms with van der Waals surface area (Å²) in [5, 5.41) is 5.90. The summed E-state index contributed by atoms with van der Waals surface area (Å²) in [6.07, 6.45) is 3.76. The van der Waals surface area contributed by atoms with Crippen LogP contribution >= 0.6 is 0 Å². The van der Waals surface area contributed by atoms with Crippen LogP contribution in [0.1, 0.15) is 41.6 Å². The zero-order valence-corrected chi connectivity index (χ0v) is 18.2. The number of hydrogen-bond acceptors (Lipinski definition) is 4. The number of hydrogen-bond donors (Lipinski definition) is 2. The van der Waals surface area contributed by atoms with Crippen molar-refractivity contribution in [2.75, 3.05) is 31.6 Å². The molecule has 2 saturated heterocycles. The summed E-state index contributed by atoms with van der Waals surface area (Å²) >= 11 is 0. The third-order valence-corrected chi connectivity index (χ3v) is 6.14. The first-order chi connectivity index (χ1) is 15.6. The van der Waals surface area contributed by atoms with E-state index in [1.807, 2.05) is 6.07 Å². The van der Waals surface area contributed by atoms with E-state index in [1.54, 1.807) is 30.3 Å². The van der Waals surface area contributed by atoms with Crippen LogP contribution in [-0.2, 0) is 16.1 Å². The van der Waals surface area contributed by atoms with Gasteiger partial charge >= 0.3 is 0 Å². The zero-order chi connectivity index (χ0) is 22.3. The summed E-state index contributed by atoms with van der Waals surface area (Å²) in [7, 11) is 0. The number of amides is 2. The van der Waals surface area contributed by atoms with Gasteiger partial charge in [0.1, 0.15) is 5.82 Å². The minimum Gasteiger partial charge on any atom is -0.376 e. The van der Waals surface area contributed by atoms with Crippen molar-refractivity contribution in [3.8, 4) is 0 Å². The number of ether oxygens (including phenoxy) is 1. The molecule has 2 N–H and O–H groups in total. The molecule has 4 rings (SSSR count). The van der Waals surface area contributed by atoms with E-state index in [0.717, 1.165) is 44.4 Å². The van der Waals surface area contributed by atoms with E-state index in [-0.39, 0.29) is 29.7 Å². The standard InChI is InChI=1S/C25H30FN3O3/c26-20-11-9-18(10-12-20)16-29-13-3-5-19(17-29)24(30)28-23-8-2-1-7-22(23)25(31)27-15-21-6-4-14-32-21/h1-2,7-12,19,21H,3-6,13-17H2,(H,27,31)(H,28,30)/t19-,21+/m1/s1. The van der Waals surface area contributed by atoms with Crippen molar-refractivity contribution < 1.29 is 18.7 Å². The quantitative estimate of drug-likeness (QED) is 0.692. The van der Waals surface area contributed by atoms with Crippen LogP contribution in [0.5, 0.6) is 0 Å². The van der Waals surface area contributed by atoms with E-state index in [1.165, 1.54) is 12.1 Å². The summed E-state index contributed by atoms with van der Waals surface area (Å²) < 4.78 is 18.7. The Kier molecular flexibility index (Phi) is 7.50. The summed E-state index contributed by atoms with van der Waals surface area (Å²) in [6, 6.07) is 13.6. The first-order valence-electron chi connectivity index (χ1n) is 11.3. The van der Waals surface area contributed by atoms with Gasteiger partial charge in [0.2, 0.25) is 5.91 Å². The third-order valence-electron chi connectivity index (χ3n) is 6.14. The Bertz CT molecular complexity index is 928. The molecule has 2 fully saturated rings. The topological polar surface area (TPSA) is 70.7 Å². The van der Waals surface area contributed by atoms with Crippen molar-refractivity contribution in [3.63, 3.8) is 0 Å². The number of rotatable bonds is 7. The van der Waals surface area contributed by atoms with Crippen LogP contribution in [0.3, 0.4) is 0 Å². The highest BCUT2D eigenvalue weighted by Crippen LogP contribution is 2.22. The van der Waals surface area contributed by atoms with Crippen LogP contribution in [0.15, 0.2) is 48.5 Å². The first-order valence-corrected chi connectivity index (χ1v) is 11.3. The maximum Gasteiger partial charge on any atom is 0.253 e. The SMILES string of the molecule is O=C(NC[C@@H]1CCCO1)c1ccccc1NC(=O)[C@@H]1CCCN(Cc2ccc(F)cc2)C1. The number of nitrogens with zero attached hydrogens (tertiary/aromatic N) is 1. The summed E-state index contributed by atoms with van der Waals surface area (Å²) in [4.78, 5) is 27.9. The fourth-order valence-electron chi connectivity index (χ4n) is 4.39. The van der Waals surface area contributed by atoms with Gasteiger partial charge in [-0.2, -0.15) is 0 Å². The highest BCUT2D eigenvalue weighted by Gasteiger charge is 2.27.